The molecule has 3 heterocycles. The Morgan fingerprint density at radius 1 is 0.907 bits per heavy atom. The highest BCUT2D eigenvalue weighted by atomic mass is 15.3. The molecular weight excluding hydrogens is 528 g/mol. The maximum atomic E-state index is 7.46. The molecule has 3 aromatic carbocycles. The summed E-state index contributed by atoms with van der Waals surface area (Å²) in [5.41, 5.74) is 8.31. The summed E-state index contributed by atoms with van der Waals surface area (Å²) in [6.07, 6.45) is 9.16. The topological polar surface area (TPSA) is 31.9 Å². The van der Waals surface area contributed by atoms with Crippen LogP contribution in [0.15, 0.2) is 85.2 Å². The predicted octanol–water partition coefficient (Wildman–Crippen LogP) is 7.76. The van der Waals surface area contributed by atoms with Crippen LogP contribution in [0.2, 0.25) is 0 Å². The van der Waals surface area contributed by atoms with Crippen LogP contribution in [0.4, 0.5) is 17.1 Å². The molecule has 0 bridgehead atoms. The molecule has 218 valence electrons. The normalized spacial score (nSPS) is 19.5. The molecule has 43 heavy (non-hydrogen) atoms. The first-order valence-electron chi connectivity index (χ1n) is 15.7. The fourth-order valence-corrected chi connectivity index (χ4v) is 7.45. The minimum absolute atomic E-state index is 0.579. The highest BCUT2D eigenvalue weighted by Gasteiger charge is 2.30. The van der Waals surface area contributed by atoms with Crippen molar-refractivity contribution in [1.29, 1.82) is 0 Å². The molecule has 7 rings (SSSR count). The van der Waals surface area contributed by atoms with Crippen molar-refractivity contribution in [2.45, 2.75) is 44.2 Å². The van der Waals surface area contributed by atoms with Gasteiger partial charge in [-0.05, 0) is 78.4 Å². The van der Waals surface area contributed by atoms with Crippen molar-refractivity contribution in [2.24, 2.45) is 7.05 Å². The number of fused-ring (bicyclic) bond motifs is 2. The number of nitrogens with zero attached hydrogens (tertiary/aromatic N) is 6. The van der Waals surface area contributed by atoms with Crippen molar-refractivity contribution in [1.82, 2.24) is 14.5 Å². The van der Waals surface area contributed by atoms with Gasteiger partial charge in [0.2, 0.25) is 0 Å². The Hall–Kier alpha value is -4.34. The van der Waals surface area contributed by atoms with E-state index in [1.807, 2.05) is 18.3 Å². The Morgan fingerprint density at radius 3 is 2.47 bits per heavy atom. The van der Waals surface area contributed by atoms with Crippen LogP contribution in [0.3, 0.4) is 0 Å². The smallest absolute Gasteiger partial charge is 0.187 e. The van der Waals surface area contributed by atoms with Gasteiger partial charge >= 0.3 is 0 Å². The van der Waals surface area contributed by atoms with Crippen molar-refractivity contribution in [3.05, 3.63) is 108 Å². The Kier molecular flexibility index (Phi) is 7.51. The molecule has 0 amide bonds. The van der Waals surface area contributed by atoms with Gasteiger partial charge in [0.05, 0.1) is 17.8 Å². The molecule has 0 N–H and O–H groups in total. The molecule has 1 saturated heterocycles. The lowest BCUT2D eigenvalue weighted by Gasteiger charge is -2.43. The Balaban J connectivity index is 1.03. The van der Waals surface area contributed by atoms with Crippen LogP contribution in [0.1, 0.15) is 42.7 Å². The van der Waals surface area contributed by atoms with Crippen molar-refractivity contribution in [2.75, 3.05) is 43.0 Å². The maximum absolute atomic E-state index is 7.46. The molecule has 6 nitrogen and oxygen atoms in total. The molecule has 1 saturated carbocycles. The molecule has 0 radical (unpaired) electrons. The van der Waals surface area contributed by atoms with E-state index in [0.29, 0.717) is 12.0 Å². The van der Waals surface area contributed by atoms with Crippen LogP contribution >= 0.6 is 0 Å². The van der Waals surface area contributed by atoms with E-state index in [1.165, 1.54) is 64.5 Å². The zero-order chi connectivity index (χ0) is 29.3. The quantitative estimate of drug-likeness (QED) is 0.196. The number of hydrogen-bond donors (Lipinski definition) is 0. The number of pyridine rings is 1. The third-order valence-corrected chi connectivity index (χ3v) is 9.81. The standard InChI is InChI=1S/C37H40N6/c1-38-30-13-16-35-33(23-30)34(26-41(35)3)28-11-14-31(15-12-28)42-18-20-43(21-19-42)36-24-32(22-29-10-7-17-39-37(29)36)40(2)25-27-8-5-4-6-9-27/h4-10,13,16-17,22-24,26,28,31H,11-12,14-15,18-21,25H2,2-3H3. The minimum Gasteiger partial charge on any atom is -0.370 e. The maximum Gasteiger partial charge on any atom is 0.187 e. The van der Waals surface area contributed by atoms with Gasteiger partial charge in [-0.25, -0.2) is 4.85 Å². The van der Waals surface area contributed by atoms with Crippen LogP contribution in [0, 0.1) is 6.57 Å². The third-order valence-electron chi connectivity index (χ3n) is 9.81. The summed E-state index contributed by atoms with van der Waals surface area (Å²) in [6.45, 7) is 12.6. The average Bonchev–Trinajstić information content (AvgIpc) is 3.40. The van der Waals surface area contributed by atoms with Crippen LogP contribution < -0.4 is 9.80 Å². The predicted molar refractivity (Wildman–Crippen MR) is 178 cm³/mol. The van der Waals surface area contributed by atoms with Gasteiger partial charge in [-0.2, -0.15) is 0 Å². The second kappa shape index (κ2) is 11.7. The number of piperazine rings is 1. The van der Waals surface area contributed by atoms with Crippen molar-refractivity contribution in [3.8, 4) is 0 Å². The lowest BCUT2D eigenvalue weighted by molar-refractivity contribution is 0.141. The van der Waals surface area contributed by atoms with Gasteiger partial charge < -0.3 is 14.4 Å². The number of rotatable bonds is 6. The lowest BCUT2D eigenvalue weighted by Crippen LogP contribution is -2.51. The zero-order valence-corrected chi connectivity index (χ0v) is 25.3. The highest BCUT2D eigenvalue weighted by molar-refractivity contribution is 5.94. The van der Waals surface area contributed by atoms with Gasteiger partial charge in [-0.1, -0.05) is 42.5 Å². The van der Waals surface area contributed by atoms with Gasteiger partial charge in [0.15, 0.2) is 5.69 Å². The number of aryl methyl sites for hydroxylation is 1. The van der Waals surface area contributed by atoms with E-state index in [9.17, 15) is 0 Å². The van der Waals surface area contributed by atoms with E-state index in [1.54, 1.807) is 0 Å². The van der Waals surface area contributed by atoms with Gasteiger partial charge in [0.25, 0.3) is 0 Å². The van der Waals surface area contributed by atoms with Gasteiger partial charge in [0, 0.05) is 81.8 Å². The molecular formula is C37H40N6. The summed E-state index contributed by atoms with van der Waals surface area (Å²) in [6, 6.07) is 26.4. The summed E-state index contributed by atoms with van der Waals surface area (Å²) in [5.74, 6) is 0.579. The van der Waals surface area contributed by atoms with Crippen LogP contribution in [-0.4, -0.2) is 53.7 Å². The monoisotopic (exact) mass is 568 g/mol. The summed E-state index contributed by atoms with van der Waals surface area (Å²) in [4.78, 5) is 16.2. The van der Waals surface area contributed by atoms with Gasteiger partial charge in [-0.15, -0.1) is 0 Å². The van der Waals surface area contributed by atoms with Crippen molar-refractivity contribution in [3.63, 3.8) is 0 Å². The lowest BCUT2D eigenvalue weighted by atomic mass is 9.81. The summed E-state index contributed by atoms with van der Waals surface area (Å²) in [7, 11) is 4.31. The third kappa shape index (κ3) is 5.46. The first-order chi connectivity index (χ1) is 21.1. The molecule has 0 atom stereocenters. The van der Waals surface area contributed by atoms with Gasteiger partial charge in [-0.3, -0.25) is 9.88 Å². The molecule has 2 fully saturated rings. The van der Waals surface area contributed by atoms with Crippen molar-refractivity contribution < 1.29 is 0 Å². The molecule has 6 heteroatoms. The number of aromatic nitrogens is 2. The molecule has 2 aromatic heterocycles. The van der Waals surface area contributed by atoms with Crippen molar-refractivity contribution >= 4 is 38.9 Å². The minimum atomic E-state index is 0.579. The number of benzene rings is 3. The Bertz CT molecular complexity index is 1770. The molecule has 5 aromatic rings. The number of hydrogen-bond acceptors (Lipinski definition) is 4. The molecule has 1 aliphatic carbocycles. The second-order valence-corrected chi connectivity index (χ2v) is 12.4. The second-order valence-electron chi connectivity index (χ2n) is 12.4. The number of anilines is 2. The highest BCUT2D eigenvalue weighted by Crippen LogP contribution is 2.40. The largest absolute Gasteiger partial charge is 0.370 e. The fourth-order valence-electron chi connectivity index (χ4n) is 7.45. The van der Waals surface area contributed by atoms with Gasteiger partial charge in [0.1, 0.15) is 0 Å². The van der Waals surface area contributed by atoms with E-state index in [-0.39, 0.29) is 0 Å². The first-order valence-corrected chi connectivity index (χ1v) is 15.7. The molecule has 2 aliphatic rings. The van der Waals surface area contributed by atoms with Crippen LogP contribution in [-0.2, 0) is 13.6 Å². The summed E-state index contributed by atoms with van der Waals surface area (Å²) in [5, 5.41) is 2.47. The SMILES string of the molecule is [C-]#[N+]c1ccc2c(c1)c(C1CCC(N3CCN(c4cc(N(C)Cc5ccccc5)cc5cccnc45)CC3)CC1)cn2C. The Labute approximate surface area is 255 Å². The molecule has 0 spiro atoms. The fraction of sp³-hybridized carbons (Fsp3) is 0.351. The zero-order valence-electron chi connectivity index (χ0n) is 25.3. The van der Waals surface area contributed by atoms with Crippen LogP contribution in [0.25, 0.3) is 26.7 Å². The van der Waals surface area contributed by atoms with E-state index in [4.69, 9.17) is 11.6 Å². The Morgan fingerprint density at radius 2 is 1.70 bits per heavy atom. The summed E-state index contributed by atoms with van der Waals surface area (Å²) < 4.78 is 2.23. The molecule has 0 unspecified atom stereocenters. The average molecular weight is 569 g/mol. The van der Waals surface area contributed by atoms with Crippen LogP contribution in [0.5, 0.6) is 0 Å². The summed E-state index contributed by atoms with van der Waals surface area (Å²) >= 11 is 0. The van der Waals surface area contributed by atoms with E-state index in [2.05, 4.69) is 105 Å². The first kappa shape index (κ1) is 27.5. The molecule has 1 aliphatic heterocycles. The van der Waals surface area contributed by atoms with E-state index < -0.39 is 0 Å². The van der Waals surface area contributed by atoms with E-state index >= 15 is 0 Å². The van der Waals surface area contributed by atoms with E-state index in [0.717, 1.165) is 43.9 Å².